The predicted octanol–water partition coefficient (Wildman–Crippen LogP) is 17.0. The van der Waals surface area contributed by atoms with E-state index in [-0.39, 0.29) is 0 Å². The summed E-state index contributed by atoms with van der Waals surface area (Å²) in [5.74, 6) is 0.672. The molecule has 4 aromatic heterocycles. The van der Waals surface area contributed by atoms with Crippen molar-refractivity contribution in [1.82, 2.24) is 19.1 Å². The number of hydrogen-bond acceptors (Lipinski definition) is 3. The molecule has 0 bridgehead atoms. The molecule has 4 heterocycles. The Morgan fingerprint density at radius 2 is 0.971 bits per heavy atom. The van der Waals surface area contributed by atoms with E-state index in [0.29, 0.717) is 5.82 Å². The molecule has 0 atom stereocenters. The third-order valence-electron chi connectivity index (χ3n) is 14.1. The molecule has 0 N–H and O–H groups in total. The van der Waals surface area contributed by atoms with Gasteiger partial charge in [-0.15, -0.1) is 0 Å². The van der Waals surface area contributed by atoms with Gasteiger partial charge in [-0.1, -0.05) is 145 Å². The number of aryl methyl sites for hydroxylation is 2. The summed E-state index contributed by atoms with van der Waals surface area (Å²) in [6.07, 6.45) is 0. The molecule has 0 unspecified atom stereocenters. The zero-order chi connectivity index (χ0) is 45.7. The smallest absolute Gasteiger partial charge is 0.160 e. The molecule has 0 aliphatic heterocycles. The van der Waals surface area contributed by atoms with Crippen LogP contribution < -0.4 is 0 Å². The summed E-state index contributed by atoms with van der Waals surface area (Å²) in [5.41, 5.74) is 19.4. The Balaban J connectivity index is 0.933. The van der Waals surface area contributed by atoms with Crippen LogP contribution in [-0.2, 0) is 0 Å². The van der Waals surface area contributed by atoms with Crippen LogP contribution in [0, 0.1) is 13.8 Å². The van der Waals surface area contributed by atoms with E-state index in [1.807, 2.05) is 12.1 Å². The van der Waals surface area contributed by atoms with Gasteiger partial charge in [-0.05, 0) is 115 Å². The number of fused-ring (bicyclic) bond motifs is 10. The molecule has 0 amide bonds. The molecule has 0 saturated carbocycles. The van der Waals surface area contributed by atoms with Crippen molar-refractivity contribution in [2.24, 2.45) is 0 Å². The first-order chi connectivity index (χ1) is 34.0. The number of nitrogens with zero attached hydrogens (tertiary/aromatic N) is 4. The van der Waals surface area contributed by atoms with E-state index in [2.05, 4.69) is 229 Å². The first-order valence-corrected chi connectivity index (χ1v) is 23.6. The second kappa shape index (κ2) is 15.2. The van der Waals surface area contributed by atoms with Gasteiger partial charge in [0.2, 0.25) is 0 Å². The molecule has 0 spiro atoms. The Morgan fingerprint density at radius 3 is 1.75 bits per heavy atom. The standard InChI is InChI=1S/C64H42N4O/c1-39-23-34-59-53(35-39)54-36-40(2)52(38-60(54)68(59)45-13-4-3-5-14-45)44-30-33-56-55(37-44)62(42-28-31-46(32-29-42)67-57-20-9-6-15-48(57)49-16-7-10-21-58(49)67)66-64(65-56)43-26-24-41(25-27-43)47-18-12-19-51-50-17-8-11-22-61(50)69-63(47)51/h3-38H,1-2H3. The molecule has 14 rings (SSSR count). The monoisotopic (exact) mass is 882 g/mol. The molecule has 5 heteroatoms. The summed E-state index contributed by atoms with van der Waals surface area (Å²) < 4.78 is 11.2. The minimum absolute atomic E-state index is 0.672. The van der Waals surface area contributed by atoms with E-state index in [1.54, 1.807) is 0 Å². The fraction of sp³-hybridized carbons (Fsp3) is 0.0312. The molecule has 324 valence electrons. The van der Waals surface area contributed by atoms with Crippen molar-refractivity contribution in [1.29, 1.82) is 0 Å². The van der Waals surface area contributed by atoms with Gasteiger partial charge in [-0.3, -0.25) is 0 Å². The molecule has 10 aromatic carbocycles. The van der Waals surface area contributed by atoms with E-state index >= 15 is 0 Å². The van der Waals surface area contributed by atoms with Crippen molar-refractivity contribution >= 4 is 76.5 Å². The SMILES string of the molecule is Cc1ccc2c(c1)c1cc(C)c(-c3ccc4nc(-c5ccc(-c6cccc7c6oc6ccccc67)cc5)nc(-c5ccc(-n6c7ccccc7c7ccccc76)cc5)c4c3)cc1n2-c1ccccc1. The van der Waals surface area contributed by atoms with Crippen molar-refractivity contribution in [3.63, 3.8) is 0 Å². The lowest BCUT2D eigenvalue weighted by atomic mass is 9.95. The minimum atomic E-state index is 0.672. The van der Waals surface area contributed by atoms with Crippen molar-refractivity contribution in [3.8, 4) is 56.3 Å². The number of aromatic nitrogens is 4. The normalized spacial score (nSPS) is 11.9. The van der Waals surface area contributed by atoms with Crippen LogP contribution in [0.25, 0.3) is 133 Å². The summed E-state index contributed by atoms with van der Waals surface area (Å²) in [6, 6.07) is 78.2. The molecule has 0 saturated heterocycles. The van der Waals surface area contributed by atoms with Gasteiger partial charge in [0.25, 0.3) is 0 Å². The van der Waals surface area contributed by atoms with Crippen LogP contribution in [0.15, 0.2) is 223 Å². The summed E-state index contributed by atoms with van der Waals surface area (Å²) in [7, 11) is 0. The molecule has 0 radical (unpaired) electrons. The van der Waals surface area contributed by atoms with E-state index in [4.69, 9.17) is 14.4 Å². The number of benzene rings is 10. The van der Waals surface area contributed by atoms with Crippen LogP contribution in [0.5, 0.6) is 0 Å². The van der Waals surface area contributed by atoms with Gasteiger partial charge < -0.3 is 13.6 Å². The summed E-state index contributed by atoms with van der Waals surface area (Å²) >= 11 is 0. The lowest BCUT2D eigenvalue weighted by molar-refractivity contribution is 0.670. The third-order valence-corrected chi connectivity index (χ3v) is 14.1. The highest BCUT2D eigenvalue weighted by atomic mass is 16.3. The van der Waals surface area contributed by atoms with Gasteiger partial charge in [0.1, 0.15) is 11.2 Å². The summed E-state index contributed by atoms with van der Waals surface area (Å²) in [5, 5.41) is 8.21. The van der Waals surface area contributed by atoms with Crippen LogP contribution >= 0.6 is 0 Å². The molecule has 0 fully saturated rings. The van der Waals surface area contributed by atoms with Crippen LogP contribution in [-0.4, -0.2) is 19.1 Å². The highest BCUT2D eigenvalue weighted by Crippen LogP contribution is 2.41. The lowest BCUT2D eigenvalue weighted by Crippen LogP contribution is -1.97. The van der Waals surface area contributed by atoms with Gasteiger partial charge in [0, 0.05) is 65.8 Å². The molecule has 69 heavy (non-hydrogen) atoms. The first-order valence-electron chi connectivity index (χ1n) is 23.6. The van der Waals surface area contributed by atoms with Gasteiger partial charge >= 0.3 is 0 Å². The fourth-order valence-electron chi connectivity index (χ4n) is 10.8. The highest BCUT2D eigenvalue weighted by Gasteiger charge is 2.20. The maximum absolute atomic E-state index is 6.43. The van der Waals surface area contributed by atoms with Crippen LogP contribution in [0.1, 0.15) is 11.1 Å². The Hall–Kier alpha value is -9.06. The second-order valence-electron chi connectivity index (χ2n) is 18.3. The summed E-state index contributed by atoms with van der Waals surface area (Å²) in [4.78, 5) is 10.8. The second-order valence-corrected chi connectivity index (χ2v) is 18.3. The van der Waals surface area contributed by atoms with E-state index < -0.39 is 0 Å². The molecular weight excluding hydrogens is 841 g/mol. The van der Waals surface area contributed by atoms with Gasteiger partial charge in [-0.25, -0.2) is 9.97 Å². The molecule has 14 aromatic rings. The third kappa shape index (κ3) is 6.17. The number of furan rings is 1. The Bertz CT molecular complexity index is 4310. The average molecular weight is 883 g/mol. The van der Waals surface area contributed by atoms with Gasteiger partial charge in [0.15, 0.2) is 5.82 Å². The maximum Gasteiger partial charge on any atom is 0.160 e. The number of hydrogen-bond donors (Lipinski definition) is 0. The van der Waals surface area contributed by atoms with E-state index in [0.717, 1.165) is 77.7 Å². The predicted molar refractivity (Wildman–Crippen MR) is 287 cm³/mol. The van der Waals surface area contributed by atoms with Crippen LogP contribution in [0.2, 0.25) is 0 Å². The Kier molecular flexibility index (Phi) is 8.65. The highest BCUT2D eigenvalue weighted by molar-refractivity contribution is 6.12. The largest absolute Gasteiger partial charge is 0.455 e. The molecule has 0 aliphatic rings. The maximum atomic E-state index is 6.43. The zero-order valence-electron chi connectivity index (χ0n) is 38.0. The molecule has 5 nitrogen and oxygen atoms in total. The number of rotatable bonds is 6. The van der Waals surface area contributed by atoms with E-state index in [9.17, 15) is 0 Å². The van der Waals surface area contributed by atoms with E-state index in [1.165, 1.54) is 60.3 Å². The van der Waals surface area contributed by atoms with Crippen molar-refractivity contribution in [2.75, 3.05) is 0 Å². The lowest BCUT2D eigenvalue weighted by Gasteiger charge is -2.14. The first kappa shape index (κ1) is 39.1. The zero-order valence-corrected chi connectivity index (χ0v) is 38.0. The van der Waals surface area contributed by atoms with Crippen LogP contribution in [0.4, 0.5) is 0 Å². The van der Waals surface area contributed by atoms with Crippen molar-refractivity contribution < 1.29 is 4.42 Å². The molecular formula is C64H42N4O. The van der Waals surface area contributed by atoms with Crippen LogP contribution in [0.3, 0.4) is 0 Å². The number of para-hydroxylation sites is 5. The average Bonchev–Trinajstić information content (AvgIpc) is 4.06. The van der Waals surface area contributed by atoms with Crippen molar-refractivity contribution in [2.45, 2.75) is 13.8 Å². The van der Waals surface area contributed by atoms with Crippen molar-refractivity contribution in [3.05, 3.63) is 230 Å². The quantitative estimate of drug-likeness (QED) is 0.167. The molecule has 0 aliphatic carbocycles. The fourth-order valence-corrected chi connectivity index (χ4v) is 10.8. The Morgan fingerprint density at radius 1 is 0.362 bits per heavy atom. The van der Waals surface area contributed by atoms with Gasteiger partial charge in [-0.2, -0.15) is 0 Å². The van der Waals surface area contributed by atoms with Gasteiger partial charge in [0.05, 0.1) is 33.3 Å². The Labute approximate surface area is 397 Å². The summed E-state index contributed by atoms with van der Waals surface area (Å²) in [6.45, 7) is 4.40. The minimum Gasteiger partial charge on any atom is -0.455 e. The topological polar surface area (TPSA) is 48.8 Å².